The minimum Gasteiger partial charge on any atom is -0.507 e. The first-order valence-electron chi connectivity index (χ1n) is 5.41. The Labute approximate surface area is 104 Å². The van der Waals surface area contributed by atoms with E-state index < -0.39 is 5.91 Å². The van der Waals surface area contributed by atoms with Gasteiger partial charge in [-0.15, -0.1) is 0 Å². The molecule has 1 aromatic heterocycles. The van der Waals surface area contributed by atoms with E-state index in [0.717, 1.165) is 5.69 Å². The van der Waals surface area contributed by atoms with Crippen LogP contribution in [0, 0.1) is 0 Å². The molecule has 0 spiro atoms. The quantitative estimate of drug-likeness (QED) is 0.633. The number of nitrogens with one attached hydrogen (secondary N) is 1. The molecule has 0 unspecified atom stereocenters. The van der Waals surface area contributed by atoms with Crippen molar-refractivity contribution < 1.29 is 9.90 Å². The number of aryl methyl sites for hydroxylation is 1. The average molecular weight is 243 g/mol. The molecule has 2 rings (SSSR count). The van der Waals surface area contributed by atoms with Gasteiger partial charge in [0.05, 0.1) is 17.5 Å². The molecule has 18 heavy (non-hydrogen) atoms. The van der Waals surface area contributed by atoms with Gasteiger partial charge < -0.3 is 9.67 Å². The molecule has 1 aromatic carbocycles. The number of para-hydroxylation sites is 1. The first-order valence-corrected chi connectivity index (χ1v) is 5.41. The van der Waals surface area contributed by atoms with E-state index in [0.29, 0.717) is 0 Å². The molecule has 2 N–H and O–H groups in total. The molecule has 5 nitrogen and oxygen atoms in total. The number of benzene rings is 1. The standard InChI is InChI=1S/C13H13N3O2/c1-16-8-4-5-10(16)9-14-15-13(18)11-6-2-3-7-12(11)17/h2-9,17H,1H3,(H,15,18). The Kier molecular flexibility index (Phi) is 3.43. The predicted octanol–water partition coefficient (Wildman–Crippen LogP) is 1.49. The summed E-state index contributed by atoms with van der Waals surface area (Å²) >= 11 is 0. The third-order valence-electron chi connectivity index (χ3n) is 2.50. The highest BCUT2D eigenvalue weighted by atomic mass is 16.3. The minimum atomic E-state index is -0.446. The topological polar surface area (TPSA) is 66.6 Å². The zero-order chi connectivity index (χ0) is 13.0. The molecule has 0 radical (unpaired) electrons. The van der Waals surface area contributed by atoms with Crippen LogP contribution < -0.4 is 5.43 Å². The lowest BCUT2D eigenvalue weighted by atomic mass is 10.2. The lowest BCUT2D eigenvalue weighted by molar-refractivity contribution is 0.0952. The number of phenolic OH excluding ortho intramolecular Hbond substituents is 1. The van der Waals surface area contributed by atoms with Gasteiger partial charge in [-0.25, -0.2) is 5.43 Å². The van der Waals surface area contributed by atoms with Crippen molar-refractivity contribution in [3.05, 3.63) is 53.9 Å². The zero-order valence-corrected chi connectivity index (χ0v) is 9.87. The Morgan fingerprint density at radius 3 is 2.78 bits per heavy atom. The Morgan fingerprint density at radius 2 is 2.11 bits per heavy atom. The summed E-state index contributed by atoms with van der Waals surface area (Å²) in [7, 11) is 1.88. The number of aromatic hydroxyl groups is 1. The fourth-order valence-electron chi connectivity index (χ4n) is 1.49. The van der Waals surface area contributed by atoms with Gasteiger partial charge in [0, 0.05) is 13.2 Å². The number of nitrogens with zero attached hydrogens (tertiary/aromatic N) is 2. The van der Waals surface area contributed by atoms with E-state index >= 15 is 0 Å². The normalized spacial score (nSPS) is 10.7. The van der Waals surface area contributed by atoms with Crippen molar-refractivity contribution in [2.45, 2.75) is 0 Å². The summed E-state index contributed by atoms with van der Waals surface area (Å²) in [4.78, 5) is 11.7. The number of hydrazone groups is 1. The molecular formula is C13H13N3O2. The van der Waals surface area contributed by atoms with Crippen LogP contribution in [0.4, 0.5) is 0 Å². The van der Waals surface area contributed by atoms with E-state index in [1.165, 1.54) is 18.3 Å². The number of phenols is 1. The SMILES string of the molecule is Cn1cccc1C=NNC(=O)c1ccccc1O. The maximum absolute atomic E-state index is 11.7. The van der Waals surface area contributed by atoms with Gasteiger partial charge in [0.25, 0.3) is 5.91 Å². The highest BCUT2D eigenvalue weighted by molar-refractivity contribution is 5.97. The van der Waals surface area contributed by atoms with Gasteiger partial charge in [-0.05, 0) is 24.3 Å². The molecule has 2 aromatic rings. The molecule has 0 saturated carbocycles. The van der Waals surface area contributed by atoms with Crippen LogP contribution in [0.3, 0.4) is 0 Å². The van der Waals surface area contributed by atoms with E-state index in [-0.39, 0.29) is 11.3 Å². The van der Waals surface area contributed by atoms with Gasteiger partial charge in [0.2, 0.25) is 0 Å². The van der Waals surface area contributed by atoms with Gasteiger partial charge in [0.15, 0.2) is 0 Å². The molecule has 1 amide bonds. The number of amides is 1. The Hall–Kier alpha value is -2.56. The third kappa shape index (κ3) is 2.57. The van der Waals surface area contributed by atoms with Gasteiger partial charge >= 0.3 is 0 Å². The summed E-state index contributed by atoms with van der Waals surface area (Å²) in [5, 5.41) is 13.3. The fraction of sp³-hybridized carbons (Fsp3) is 0.0769. The van der Waals surface area contributed by atoms with Gasteiger partial charge in [-0.1, -0.05) is 12.1 Å². The first kappa shape index (κ1) is 11.9. The molecule has 0 fully saturated rings. The highest BCUT2D eigenvalue weighted by Crippen LogP contribution is 2.14. The maximum atomic E-state index is 11.7. The van der Waals surface area contributed by atoms with E-state index in [1.807, 2.05) is 29.9 Å². The third-order valence-corrected chi connectivity index (χ3v) is 2.50. The molecular weight excluding hydrogens is 230 g/mol. The van der Waals surface area contributed by atoms with Gasteiger partial charge in [-0.2, -0.15) is 5.10 Å². The molecule has 92 valence electrons. The highest BCUT2D eigenvalue weighted by Gasteiger charge is 2.08. The van der Waals surface area contributed by atoms with Crippen molar-refractivity contribution in [1.29, 1.82) is 0 Å². The lowest BCUT2D eigenvalue weighted by Gasteiger charge is -2.02. The number of carbonyl (C=O) groups is 1. The van der Waals surface area contributed by atoms with Crippen LogP contribution in [-0.2, 0) is 7.05 Å². The van der Waals surface area contributed by atoms with Gasteiger partial charge in [-0.3, -0.25) is 4.79 Å². The van der Waals surface area contributed by atoms with Crippen LogP contribution in [-0.4, -0.2) is 21.8 Å². The van der Waals surface area contributed by atoms with Crippen LogP contribution in [0.15, 0.2) is 47.7 Å². The monoisotopic (exact) mass is 243 g/mol. The predicted molar refractivity (Wildman–Crippen MR) is 68.6 cm³/mol. The summed E-state index contributed by atoms with van der Waals surface area (Å²) in [5.74, 6) is -0.511. The first-order chi connectivity index (χ1) is 8.68. The van der Waals surface area contributed by atoms with Crippen molar-refractivity contribution in [3.8, 4) is 5.75 Å². The second-order valence-corrected chi connectivity index (χ2v) is 3.76. The lowest BCUT2D eigenvalue weighted by Crippen LogP contribution is -2.17. The number of hydrogen-bond donors (Lipinski definition) is 2. The van der Waals surface area contributed by atoms with Crippen molar-refractivity contribution >= 4 is 12.1 Å². The molecule has 0 aliphatic rings. The van der Waals surface area contributed by atoms with Crippen LogP contribution >= 0.6 is 0 Å². The second-order valence-electron chi connectivity index (χ2n) is 3.76. The number of aromatic nitrogens is 1. The summed E-state index contributed by atoms with van der Waals surface area (Å²) in [5.41, 5.74) is 3.43. The van der Waals surface area contributed by atoms with Crippen molar-refractivity contribution in [1.82, 2.24) is 9.99 Å². The molecule has 1 heterocycles. The number of hydrogen-bond acceptors (Lipinski definition) is 3. The van der Waals surface area contributed by atoms with E-state index in [2.05, 4.69) is 10.5 Å². The largest absolute Gasteiger partial charge is 0.507 e. The maximum Gasteiger partial charge on any atom is 0.275 e. The summed E-state index contributed by atoms with van der Waals surface area (Å²) in [6.45, 7) is 0. The Bertz CT molecular complexity index is 587. The summed E-state index contributed by atoms with van der Waals surface area (Å²) in [6.07, 6.45) is 3.42. The molecule has 0 saturated heterocycles. The second kappa shape index (κ2) is 5.18. The van der Waals surface area contributed by atoms with Crippen LogP contribution in [0.25, 0.3) is 0 Å². The number of carbonyl (C=O) groups excluding carboxylic acids is 1. The van der Waals surface area contributed by atoms with E-state index in [9.17, 15) is 9.90 Å². The fourth-order valence-corrected chi connectivity index (χ4v) is 1.49. The van der Waals surface area contributed by atoms with E-state index in [1.54, 1.807) is 12.1 Å². The molecule has 0 aliphatic heterocycles. The van der Waals surface area contributed by atoms with Crippen LogP contribution in [0.5, 0.6) is 5.75 Å². The van der Waals surface area contributed by atoms with Gasteiger partial charge in [0.1, 0.15) is 5.75 Å². The molecule has 0 aliphatic carbocycles. The van der Waals surface area contributed by atoms with Crippen LogP contribution in [0.2, 0.25) is 0 Å². The van der Waals surface area contributed by atoms with Crippen molar-refractivity contribution in [2.24, 2.45) is 12.1 Å². The average Bonchev–Trinajstić information content (AvgIpc) is 2.75. The van der Waals surface area contributed by atoms with Crippen molar-refractivity contribution in [3.63, 3.8) is 0 Å². The molecule has 0 atom stereocenters. The smallest absolute Gasteiger partial charge is 0.275 e. The summed E-state index contributed by atoms with van der Waals surface area (Å²) < 4.78 is 1.87. The number of rotatable bonds is 3. The minimum absolute atomic E-state index is 0.0657. The molecule has 5 heteroatoms. The summed E-state index contributed by atoms with van der Waals surface area (Å²) in [6, 6.07) is 10.1. The molecule has 0 bridgehead atoms. The van der Waals surface area contributed by atoms with E-state index in [4.69, 9.17) is 0 Å². The van der Waals surface area contributed by atoms with Crippen LogP contribution in [0.1, 0.15) is 16.1 Å². The Balaban J connectivity index is 2.03. The van der Waals surface area contributed by atoms with Crippen molar-refractivity contribution in [2.75, 3.05) is 0 Å². The Morgan fingerprint density at radius 1 is 1.33 bits per heavy atom. The zero-order valence-electron chi connectivity index (χ0n) is 9.87.